The molecule has 0 aliphatic carbocycles. The maximum Gasteiger partial charge on any atom is 0.306 e. The summed E-state index contributed by atoms with van der Waals surface area (Å²) >= 11 is 0. The number of carbonyl (C=O) groups excluding carboxylic acids is 1. The van der Waals surface area contributed by atoms with E-state index in [2.05, 4.69) is 0 Å². The minimum atomic E-state index is -0.727. The lowest BCUT2D eigenvalue weighted by molar-refractivity contribution is -0.141. The normalized spacial score (nSPS) is 12.4. The molecule has 0 bridgehead atoms. The summed E-state index contributed by atoms with van der Waals surface area (Å²) in [7, 11) is 0. The third kappa shape index (κ3) is 6.63. The van der Waals surface area contributed by atoms with Crippen LogP contribution in [-0.4, -0.2) is 16.9 Å². The molecule has 0 amide bonds. The summed E-state index contributed by atoms with van der Waals surface area (Å²) in [6, 6.07) is 0. The monoisotopic (exact) mass is 200 g/mol. The minimum Gasteiger partial charge on any atom is -0.481 e. The number of hydrogen-bond donors (Lipinski definition) is 1. The summed E-state index contributed by atoms with van der Waals surface area (Å²) in [5, 5.41) is 8.61. The first kappa shape index (κ1) is 13.1. The van der Waals surface area contributed by atoms with Gasteiger partial charge in [0.2, 0.25) is 0 Å². The fourth-order valence-electron chi connectivity index (χ4n) is 1.25. The van der Waals surface area contributed by atoms with Crippen molar-refractivity contribution in [3.63, 3.8) is 0 Å². The van der Waals surface area contributed by atoms with Crippen molar-refractivity contribution in [1.82, 2.24) is 0 Å². The number of rotatable bonds is 8. The van der Waals surface area contributed by atoms with Crippen molar-refractivity contribution in [3.8, 4) is 0 Å². The van der Waals surface area contributed by atoms with E-state index in [4.69, 9.17) is 5.11 Å². The highest BCUT2D eigenvalue weighted by molar-refractivity contribution is 5.77. The minimum absolute atomic E-state index is 0.253. The van der Waals surface area contributed by atoms with Gasteiger partial charge in [-0.2, -0.15) is 0 Å². The van der Waals surface area contributed by atoms with Crippen molar-refractivity contribution in [1.29, 1.82) is 0 Å². The van der Waals surface area contributed by atoms with Crippen molar-refractivity contribution < 1.29 is 14.7 Å². The number of Topliss-reactive ketones (excluding diaryl/α,β-unsaturated/α-hetero) is 1. The summed E-state index contributed by atoms with van der Waals surface area (Å²) in [6.45, 7) is 3.59. The van der Waals surface area contributed by atoms with Crippen LogP contribution in [0.1, 0.15) is 52.4 Å². The molecule has 0 aromatic heterocycles. The topological polar surface area (TPSA) is 54.4 Å². The zero-order valence-corrected chi connectivity index (χ0v) is 9.08. The molecule has 0 saturated carbocycles. The maximum absolute atomic E-state index is 10.9. The van der Waals surface area contributed by atoms with E-state index in [0.29, 0.717) is 18.6 Å². The van der Waals surface area contributed by atoms with Crippen molar-refractivity contribution in [2.24, 2.45) is 5.92 Å². The fourth-order valence-corrected chi connectivity index (χ4v) is 1.25. The standard InChI is InChI=1S/C11H20O3/c1-3-10(12)8-6-4-5-7-9(2)11(13)14/h9H,3-8H2,1-2H3,(H,13,14). The largest absolute Gasteiger partial charge is 0.481 e. The van der Waals surface area contributed by atoms with Gasteiger partial charge in [-0.3, -0.25) is 9.59 Å². The van der Waals surface area contributed by atoms with Crippen LogP contribution in [-0.2, 0) is 9.59 Å². The molecule has 1 unspecified atom stereocenters. The van der Waals surface area contributed by atoms with Gasteiger partial charge in [0.25, 0.3) is 0 Å². The predicted molar refractivity (Wildman–Crippen MR) is 55.2 cm³/mol. The molecule has 0 saturated heterocycles. The van der Waals surface area contributed by atoms with Crippen molar-refractivity contribution in [2.45, 2.75) is 52.4 Å². The van der Waals surface area contributed by atoms with Crippen molar-refractivity contribution in [3.05, 3.63) is 0 Å². The SMILES string of the molecule is CCC(=O)CCCCCC(C)C(=O)O. The van der Waals surface area contributed by atoms with E-state index in [1.54, 1.807) is 6.92 Å². The third-order valence-corrected chi connectivity index (χ3v) is 2.41. The first-order valence-electron chi connectivity index (χ1n) is 5.32. The maximum atomic E-state index is 10.9. The first-order valence-corrected chi connectivity index (χ1v) is 5.32. The van der Waals surface area contributed by atoms with Crippen molar-refractivity contribution in [2.75, 3.05) is 0 Å². The van der Waals surface area contributed by atoms with Crippen LogP contribution in [0.25, 0.3) is 0 Å². The highest BCUT2D eigenvalue weighted by Crippen LogP contribution is 2.10. The molecule has 3 heteroatoms. The molecule has 0 aromatic carbocycles. The Bertz CT molecular complexity index is 187. The second-order valence-electron chi connectivity index (χ2n) is 3.73. The van der Waals surface area contributed by atoms with Gasteiger partial charge < -0.3 is 5.11 Å². The van der Waals surface area contributed by atoms with Gasteiger partial charge in [0.15, 0.2) is 0 Å². The Labute approximate surface area is 85.5 Å². The molecule has 0 fully saturated rings. The Morgan fingerprint density at radius 2 is 1.86 bits per heavy atom. The molecule has 0 spiro atoms. The summed E-state index contributed by atoms with van der Waals surface area (Å²) in [6.07, 6.45) is 4.76. The first-order chi connectivity index (χ1) is 6.57. The van der Waals surface area contributed by atoms with Crippen LogP contribution in [0, 0.1) is 5.92 Å². The van der Waals surface area contributed by atoms with E-state index >= 15 is 0 Å². The molecule has 1 atom stereocenters. The van der Waals surface area contributed by atoms with E-state index < -0.39 is 5.97 Å². The molecule has 1 N–H and O–H groups in total. The molecule has 0 aromatic rings. The third-order valence-electron chi connectivity index (χ3n) is 2.41. The quantitative estimate of drug-likeness (QED) is 0.613. The summed E-state index contributed by atoms with van der Waals surface area (Å²) in [5.74, 6) is -0.678. The number of aliphatic carboxylic acids is 1. The van der Waals surface area contributed by atoms with Gasteiger partial charge in [-0.05, 0) is 12.8 Å². The van der Waals surface area contributed by atoms with Crippen LogP contribution in [0.3, 0.4) is 0 Å². The summed E-state index contributed by atoms with van der Waals surface area (Å²) in [5.41, 5.74) is 0. The Morgan fingerprint density at radius 1 is 1.21 bits per heavy atom. The molecule has 0 aliphatic rings. The lowest BCUT2D eigenvalue weighted by Crippen LogP contribution is -2.08. The Balaban J connectivity index is 3.30. The van der Waals surface area contributed by atoms with Gasteiger partial charge in [-0.25, -0.2) is 0 Å². The highest BCUT2D eigenvalue weighted by atomic mass is 16.4. The number of carbonyl (C=O) groups is 2. The molecular formula is C11H20O3. The van der Waals surface area contributed by atoms with Crippen LogP contribution < -0.4 is 0 Å². The van der Waals surface area contributed by atoms with Gasteiger partial charge in [0.05, 0.1) is 5.92 Å². The predicted octanol–water partition coefficient (Wildman–Crippen LogP) is 2.64. The number of carboxylic acids is 1. The van der Waals surface area contributed by atoms with E-state index in [1.807, 2.05) is 6.92 Å². The Hall–Kier alpha value is -0.860. The molecular weight excluding hydrogens is 180 g/mol. The zero-order chi connectivity index (χ0) is 11.0. The number of ketones is 1. The lowest BCUT2D eigenvalue weighted by atomic mass is 10.0. The second kappa shape index (κ2) is 7.54. The Kier molecular flexibility index (Phi) is 7.07. The molecule has 14 heavy (non-hydrogen) atoms. The highest BCUT2D eigenvalue weighted by Gasteiger charge is 2.09. The van der Waals surface area contributed by atoms with Crippen LogP contribution in [0.2, 0.25) is 0 Å². The van der Waals surface area contributed by atoms with Crippen LogP contribution in [0.15, 0.2) is 0 Å². The second-order valence-corrected chi connectivity index (χ2v) is 3.73. The molecule has 0 heterocycles. The zero-order valence-electron chi connectivity index (χ0n) is 9.08. The molecule has 82 valence electrons. The smallest absolute Gasteiger partial charge is 0.306 e. The fraction of sp³-hybridized carbons (Fsp3) is 0.818. The van der Waals surface area contributed by atoms with Crippen LogP contribution in [0.4, 0.5) is 0 Å². The average Bonchev–Trinajstić information content (AvgIpc) is 2.16. The van der Waals surface area contributed by atoms with Gasteiger partial charge in [-0.15, -0.1) is 0 Å². The average molecular weight is 200 g/mol. The summed E-state index contributed by atoms with van der Waals surface area (Å²) in [4.78, 5) is 21.4. The van der Waals surface area contributed by atoms with Crippen LogP contribution >= 0.6 is 0 Å². The van der Waals surface area contributed by atoms with Gasteiger partial charge in [0.1, 0.15) is 5.78 Å². The van der Waals surface area contributed by atoms with Gasteiger partial charge in [0, 0.05) is 12.8 Å². The lowest BCUT2D eigenvalue weighted by Gasteiger charge is -2.04. The molecule has 0 radical (unpaired) electrons. The van der Waals surface area contributed by atoms with Gasteiger partial charge in [-0.1, -0.05) is 26.7 Å². The summed E-state index contributed by atoms with van der Waals surface area (Å²) < 4.78 is 0. The number of hydrogen-bond acceptors (Lipinski definition) is 2. The number of carboxylic acid groups (broad SMARTS) is 1. The molecule has 0 aliphatic heterocycles. The van der Waals surface area contributed by atoms with E-state index in [1.165, 1.54) is 0 Å². The van der Waals surface area contributed by atoms with Crippen molar-refractivity contribution >= 4 is 11.8 Å². The molecule has 3 nitrogen and oxygen atoms in total. The molecule has 0 rings (SSSR count). The van der Waals surface area contributed by atoms with E-state index in [-0.39, 0.29) is 5.92 Å². The number of unbranched alkanes of at least 4 members (excludes halogenated alkanes) is 2. The Morgan fingerprint density at radius 3 is 2.36 bits per heavy atom. The van der Waals surface area contributed by atoms with Gasteiger partial charge >= 0.3 is 5.97 Å². The van der Waals surface area contributed by atoms with Crippen LogP contribution in [0.5, 0.6) is 0 Å². The van der Waals surface area contributed by atoms with E-state index in [0.717, 1.165) is 25.7 Å². The van der Waals surface area contributed by atoms with E-state index in [9.17, 15) is 9.59 Å².